The van der Waals surface area contributed by atoms with Crippen LogP contribution >= 0.6 is 11.3 Å². The van der Waals surface area contributed by atoms with Gasteiger partial charge in [0.2, 0.25) is 0 Å². The molecule has 0 unspecified atom stereocenters. The van der Waals surface area contributed by atoms with Gasteiger partial charge in [0.25, 0.3) is 0 Å². The summed E-state index contributed by atoms with van der Waals surface area (Å²) in [4.78, 5) is 4.29. The minimum atomic E-state index is 0.607. The van der Waals surface area contributed by atoms with Crippen molar-refractivity contribution >= 4 is 21.4 Å². The average Bonchev–Trinajstić information content (AvgIpc) is 2.48. The largest absolute Gasteiger partial charge is 0.260 e. The number of aromatic nitrogens is 1. The molecule has 0 aliphatic carbocycles. The maximum absolute atomic E-state index is 4.29. The van der Waals surface area contributed by atoms with Gasteiger partial charge < -0.3 is 0 Å². The number of hydrogen-bond acceptors (Lipinski definition) is 2. The summed E-state index contributed by atoms with van der Waals surface area (Å²) in [5, 5.41) is 3.64. The van der Waals surface area contributed by atoms with Gasteiger partial charge in [0.05, 0.1) is 10.4 Å². The summed E-state index contributed by atoms with van der Waals surface area (Å²) < 4.78 is 1.34. The van der Waals surface area contributed by atoms with Gasteiger partial charge in [-0.1, -0.05) is 13.8 Å². The first-order chi connectivity index (χ1) is 6.20. The van der Waals surface area contributed by atoms with E-state index in [1.165, 1.54) is 15.6 Å². The van der Waals surface area contributed by atoms with Crippen LogP contribution in [-0.4, -0.2) is 4.98 Å². The Labute approximate surface area is 82.4 Å². The Hall–Kier alpha value is -0.890. The number of nitrogens with zero attached hydrogens (tertiary/aromatic N) is 1. The quantitative estimate of drug-likeness (QED) is 0.669. The highest BCUT2D eigenvalue weighted by molar-refractivity contribution is 7.17. The van der Waals surface area contributed by atoms with Gasteiger partial charge in [-0.25, -0.2) is 0 Å². The van der Waals surface area contributed by atoms with Crippen molar-refractivity contribution in [3.8, 4) is 0 Å². The molecular weight excluding hydrogens is 178 g/mol. The molecule has 2 rings (SSSR count). The van der Waals surface area contributed by atoms with Crippen molar-refractivity contribution in [3.63, 3.8) is 0 Å². The maximum atomic E-state index is 4.29. The topological polar surface area (TPSA) is 12.9 Å². The van der Waals surface area contributed by atoms with Gasteiger partial charge in [0.1, 0.15) is 0 Å². The molecular formula is C11H13NS. The normalized spacial score (nSPS) is 11.4. The van der Waals surface area contributed by atoms with E-state index in [9.17, 15) is 0 Å². The molecule has 13 heavy (non-hydrogen) atoms. The zero-order valence-electron chi connectivity index (χ0n) is 8.16. The molecule has 0 aliphatic rings. The van der Waals surface area contributed by atoms with Crippen molar-refractivity contribution in [2.45, 2.75) is 26.7 Å². The Bertz CT molecular complexity index is 429. The van der Waals surface area contributed by atoms with Gasteiger partial charge in [0.15, 0.2) is 0 Å². The van der Waals surface area contributed by atoms with Gasteiger partial charge in [-0.15, -0.1) is 11.3 Å². The zero-order valence-corrected chi connectivity index (χ0v) is 8.98. The second-order valence-electron chi connectivity index (χ2n) is 3.62. The van der Waals surface area contributed by atoms with Crippen LogP contribution in [0.4, 0.5) is 0 Å². The molecule has 2 heterocycles. The smallest absolute Gasteiger partial charge is 0.0558 e. The maximum Gasteiger partial charge on any atom is 0.0558 e. The summed E-state index contributed by atoms with van der Waals surface area (Å²) in [5.74, 6) is 0.607. The highest BCUT2D eigenvalue weighted by atomic mass is 32.1. The lowest BCUT2D eigenvalue weighted by atomic mass is 10.0. The van der Waals surface area contributed by atoms with Crippen molar-refractivity contribution in [3.05, 3.63) is 28.9 Å². The van der Waals surface area contributed by atoms with Crippen molar-refractivity contribution < 1.29 is 0 Å². The summed E-state index contributed by atoms with van der Waals surface area (Å²) in [6.45, 7) is 6.54. The Balaban J connectivity index is 2.75. The van der Waals surface area contributed by atoms with Gasteiger partial charge >= 0.3 is 0 Å². The molecule has 2 aromatic rings. The van der Waals surface area contributed by atoms with Gasteiger partial charge in [-0.2, -0.15) is 0 Å². The van der Waals surface area contributed by atoms with Crippen LogP contribution in [0.15, 0.2) is 17.6 Å². The fourth-order valence-corrected chi connectivity index (χ4v) is 2.74. The monoisotopic (exact) mass is 191 g/mol. The van der Waals surface area contributed by atoms with Crippen molar-refractivity contribution in [2.24, 2.45) is 0 Å². The number of thiophene rings is 1. The van der Waals surface area contributed by atoms with E-state index in [2.05, 4.69) is 37.2 Å². The van der Waals surface area contributed by atoms with Crippen molar-refractivity contribution in [2.75, 3.05) is 0 Å². The summed E-state index contributed by atoms with van der Waals surface area (Å²) in [7, 11) is 0. The SMILES string of the molecule is Cc1nccc2c(C(C)C)csc12. The van der Waals surface area contributed by atoms with Gasteiger partial charge in [-0.3, -0.25) is 4.98 Å². The predicted molar refractivity (Wildman–Crippen MR) is 58.4 cm³/mol. The van der Waals surface area contributed by atoms with Crippen LogP contribution in [-0.2, 0) is 0 Å². The standard InChI is InChI=1S/C11H13NS/c1-7(2)10-6-13-11-8(3)12-5-4-9(10)11/h4-7H,1-3H3. The van der Waals surface area contributed by atoms with Crippen LogP contribution in [0.5, 0.6) is 0 Å². The predicted octanol–water partition coefficient (Wildman–Crippen LogP) is 3.73. The van der Waals surface area contributed by atoms with Gasteiger partial charge in [-0.05, 0) is 35.2 Å². The molecule has 0 aromatic carbocycles. The molecule has 2 aromatic heterocycles. The lowest BCUT2D eigenvalue weighted by Gasteiger charge is -2.02. The third kappa shape index (κ3) is 1.35. The molecule has 0 atom stereocenters. The molecule has 1 nitrogen and oxygen atoms in total. The van der Waals surface area contributed by atoms with E-state index in [0.717, 1.165) is 5.69 Å². The third-order valence-electron chi connectivity index (χ3n) is 2.32. The van der Waals surface area contributed by atoms with Crippen LogP contribution in [0.25, 0.3) is 10.1 Å². The fraction of sp³-hybridized carbons (Fsp3) is 0.364. The average molecular weight is 191 g/mol. The van der Waals surface area contributed by atoms with E-state index < -0.39 is 0 Å². The molecule has 0 saturated carbocycles. The third-order valence-corrected chi connectivity index (χ3v) is 3.44. The van der Waals surface area contributed by atoms with Crippen molar-refractivity contribution in [1.82, 2.24) is 4.98 Å². The Morgan fingerprint density at radius 1 is 1.38 bits per heavy atom. The van der Waals surface area contributed by atoms with Crippen LogP contribution in [0.1, 0.15) is 31.0 Å². The second kappa shape index (κ2) is 3.11. The van der Waals surface area contributed by atoms with E-state index in [-0.39, 0.29) is 0 Å². The number of aryl methyl sites for hydroxylation is 1. The van der Waals surface area contributed by atoms with Crippen LogP contribution in [0.3, 0.4) is 0 Å². The Kier molecular flexibility index (Phi) is 2.08. The lowest BCUT2D eigenvalue weighted by molar-refractivity contribution is 0.880. The molecule has 2 heteroatoms. The molecule has 0 fully saturated rings. The van der Waals surface area contributed by atoms with Crippen LogP contribution in [0, 0.1) is 6.92 Å². The zero-order chi connectivity index (χ0) is 9.42. The molecule has 0 bridgehead atoms. The first-order valence-corrected chi connectivity index (χ1v) is 5.41. The van der Waals surface area contributed by atoms with Crippen LogP contribution in [0.2, 0.25) is 0 Å². The molecule has 0 spiro atoms. The molecule has 0 radical (unpaired) electrons. The minimum absolute atomic E-state index is 0.607. The van der Waals surface area contributed by atoms with E-state index in [0.29, 0.717) is 5.92 Å². The fourth-order valence-electron chi connectivity index (χ4n) is 1.56. The summed E-state index contributed by atoms with van der Waals surface area (Å²) in [6, 6.07) is 2.12. The number of rotatable bonds is 1. The highest BCUT2D eigenvalue weighted by Gasteiger charge is 2.08. The summed E-state index contributed by atoms with van der Waals surface area (Å²) in [5.41, 5.74) is 2.60. The number of hydrogen-bond donors (Lipinski definition) is 0. The molecule has 0 N–H and O–H groups in total. The van der Waals surface area contributed by atoms with Crippen LogP contribution < -0.4 is 0 Å². The minimum Gasteiger partial charge on any atom is -0.260 e. The van der Waals surface area contributed by atoms with E-state index in [1.807, 2.05) is 6.20 Å². The molecule has 0 saturated heterocycles. The highest BCUT2D eigenvalue weighted by Crippen LogP contribution is 2.31. The van der Waals surface area contributed by atoms with Gasteiger partial charge in [0, 0.05) is 6.20 Å². The first kappa shape index (κ1) is 8.70. The van der Waals surface area contributed by atoms with Crippen molar-refractivity contribution in [1.29, 1.82) is 0 Å². The number of pyridine rings is 1. The second-order valence-corrected chi connectivity index (χ2v) is 4.50. The van der Waals surface area contributed by atoms with E-state index >= 15 is 0 Å². The van der Waals surface area contributed by atoms with E-state index in [4.69, 9.17) is 0 Å². The first-order valence-electron chi connectivity index (χ1n) is 4.53. The molecule has 68 valence electrons. The lowest BCUT2D eigenvalue weighted by Crippen LogP contribution is -1.85. The molecule has 0 aliphatic heterocycles. The molecule has 0 amide bonds. The summed E-state index contributed by atoms with van der Waals surface area (Å²) in [6.07, 6.45) is 1.90. The Morgan fingerprint density at radius 3 is 2.85 bits per heavy atom. The summed E-state index contributed by atoms with van der Waals surface area (Å²) >= 11 is 1.81. The Morgan fingerprint density at radius 2 is 2.15 bits per heavy atom. The number of fused-ring (bicyclic) bond motifs is 1. The van der Waals surface area contributed by atoms with E-state index in [1.54, 1.807) is 11.3 Å².